The van der Waals surface area contributed by atoms with Crippen molar-refractivity contribution in [3.8, 4) is 11.3 Å². The van der Waals surface area contributed by atoms with E-state index in [1.165, 1.54) is 25.8 Å². The maximum atomic E-state index is 5.44. The summed E-state index contributed by atoms with van der Waals surface area (Å²) in [5.74, 6) is 1.62. The van der Waals surface area contributed by atoms with Gasteiger partial charge in [-0.05, 0) is 19.3 Å². The van der Waals surface area contributed by atoms with Crippen LogP contribution in [0.15, 0.2) is 45.9 Å². The molecule has 0 amide bonds. The van der Waals surface area contributed by atoms with Crippen molar-refractivity contribution in [2.24, 2.45) is 4.99 Å². The number of likely N-dealkylation sites (tertiary alicyclic amines) is 1. The van der Waals surface area contributed by atoms with Crippen molar-refractivity contribution in [3.63, 3.8) is 0 Å². The second kappa shape index (κ2) is 7.27. The Bertz CT molecular complexity index is 722. The summed E-state index contributed by atoms with van der Waals surface area (Å²) in [7, 11) is 1.80. The van der Waals surface area contributed by atoms with E-state index in [2.05, 4.69) is 25.7 Å². The van der Waals surface area contributed by atoms with Gasteiger partial charge in [0.2, 0.25) is 0 Å². The van der Waals surface area contributed by atoms with Crippen molar-refractivity contribution in [1.29, 1.82) is 0 Å². The predicted octanol–water partition coefficient (Wildman–Crippen LogP) is 2.24. The zero-order valence-electron chi connectivity index (χ0n) is 14.6. The largest absolute Gasteiger partial charge is 0.359 e. The minimum atomic E-state index is 0.474. The minimum absolute atomic E-state index is 0.474. The van der Waals surface area contributed by atoms with Gasteiger partial charge in [-0.15, -0.1) is 0 Å². The Balaban J connectivity index is 1.29. The van der Waals surface area contributed by atoms with Gasteiger partial charge in [0.25, 0.3) is 0 Å². The molecular formula is C19H25N5O. The second-order valence-electron chi connectivity index (χ2n) is 6.83. The first-order valence-electron chi connectivity index (χ1n) is 9.04. The molecule has 1 saturated heterocycles. The zero-order valence-corrected chi connectivity index (χ0v) is 14.6. The number of nitrogens with zero attached hydrogens (tertiary/aromatic N) is 3. The van der Waals surface area contributed by atoms with E-state index in [-0.39, 0.29) is 0 Å². The van der Waals surface area contributed by atoms with Gasteiger partial charge in [-0.2, -0.15) is 0 Å². The number of benzene rings is 1. The Morgan fingerprint density at radius 3 is 2.88 bits per heavy atom. The lowest BCUT2D eigenvalue weighted by Crippen LogP contribution is -2.44. The van der Waals surface area contributed by atoms with Crippen molar-refractivity contribution in [2.75, 3.05) is 20.1 Å². The number of aromatic nitrogens is 1. The van der Waals surface area contributed by atoms with Crippen LogP contribution in [0.3, 0.4) is 0 Å². The highest BCUT2D eigenvalue weighted by Gasteiger charge is 2.34. The van der Waals surface area contributed by atoms with Crippen LogP contribution in [0.2, 0.25) is 0 Å². The quantitative estimate of drug-likeness (QED) is 0.646. The van der Waals surface area contributed by atoms with Crippen molar-refractivity contribution >= 4 is 5.96 Å². The van der Waals surface area contributed by atoms with Gasteiger partial charge < -0.3 is 15.2 Å². The van der Waals surface area contributed by atoms with Crippen LogP contribution in [-0.4, -0.2) is 48.2 Å². The molecule has 2 fully saturated rings. The normalized spacial score (nSPS) is 21.5. The van der Waals surface area contributed by atoms with E-state index in [1.807, 2.05) is 36.4 Å². The molecule has 1 aliphatic heterocycles. The third-order valence-electron chi connectivity index (χ3n) is 4.91. The maximum absolute atomic E-state index is 5.44. The van der Waals surface area contributed by atoms with E-state index in [9.17, 15) is 0 Å². The molecule has 2 N–H and O–H groups in total. The molecule has 0 spiro atoms. The summed E-state index contributed by atoms with van der Waals surface area (Å²) in [4.78, 5) is 6.92. The number of nitrogens with one attached hydrogen (secondary N) is 2. The fraction of sp³-hybridized carbons (Fsp3) is 0.474. The lowest BCUT2D eigenvalue weighted by molar-refractivity contribution is 0.321. The monoisotopic (exact) mass is 339 g/mol. The van der Waals surface area contributed by atoms with Gasteiger partial charge >= 0.3 is 0 Å². The fourth-order valence-electron chi connectivity index (χ4n) is 3.38. The Morgan fingerprint density at radius 1 is 1.28 bits per heavy atom. The third kappa shape index (κ3) is 4.02. The Kier molecular flexibility index (Phi) is 4.70. The van der Waals surface area contributed by atoms with Crippen LogP contribution in [0.4, 0.5) is 0 Å². The molecule has 6 heteroatoms. The highest BCUT2D eigenvalue weighted by molar-refractivity contribution is 5.80. The highest BCUT2D eigenvalue weighted by atomic mass is 16.5. The highest BCUT2D eigenvalue weighted by Crippen LogP contribution is 2.29. The SMILES string of the molecule is CN=C(NCc1cc(-c2ccccc2)no1)NC1CCN(C2CC2)C1. The molecule has 6 nitrogen and oxygen atoms in total. The molecule has 25 heavy (non-hydrogen) atoms. The van der Waals surface area contributed by atoms with Crippen LogP contribution in [0.1, 0.15) is 25.0 Å². The van der Waals surface area contributed by atoms with E-state index in [4.69, 9.17) is 4.52 Å². The molecule has 2 aromatic rings. The first kappa shape index (κ1) is 16.1. The molecule has 4 rings (SSSR count). The van der Waals surface area contributed by atoms with Gasteiger partial charge in [0, 0.05) is 43.9 Å². The maximum Gasteiger partial charge on any atom is 0.191 e. The molecule has 1 aromatic heterocycles. The van der Waals surface area contributed by atoms with Gasteiger partial charge in [0.1, 0.15) is 5.69 Å². The standard InChI is InChI=1S/C19H25N5O/c1-20-19(22-15-9-10-24(13-15)16-7-8-16)21-12-17-11-18(23-25-17)14-5-3-2-4-6-14/h2-6,11,15-16H,7-10,12-13H2,1H3,(H2,20,21,22). The van der Waals surface area contributed by atoms with Crippen LogP contribution in [0.5, 0.6) is 0 Å². The first-order valence-corrected chi connectivity index (χ1v) is 9.04. The molecule has 1 atom stereocenters. The molecule has 0 bridgehead atoms. The molecule has 0 radical (unpaired) electrons. The lowest BCUT2D eigenvalue weighted by atomic mass is 10.1. The van der Waals surface area contributed by atoms with Crippen molar-refractivity contribution in [1.82, 2.24) is 20.7 Å². The van der Waals surface area contributed by atoms with Gasteiger partial charge in [-0.3, -0.25) is 9.89 Å². The molecular weight excluding hydrogens is 314 g/mol. The number of hydrogen-bond donors (Lipinski definition) is 2. The van der Waals surface area contributed by atoms with E-state index in [1.54, 1.807) is 7.05 Å². The molecule has 132 valence electrons. The zero-order chi connectivity index (χ0) is 17.1. The van der Waals surface area contributed by atoms with Gasteiger partial charge in [0.15, 0.2) is 11.7 Å². The summed E-state index contributed by atoms with van der Waals surface area (Å²) in [6.07, 6.45) is 3.92. The number of aliphatic imine (C=N–C) groups is 1. The van der Waals surface area contributed by atoms with Crippen LogP contribution in [0.25, 0.3) is 11.3 Å². The summed E-state index contributed by atoms with van der Waals surface area (Å²) >= 11 is 0. The minimum Gasteiger partial charge on any atom is -0.359 e. The van der Waals surface area contributed by atoms with Gasteiger partial charge in [-0.1, -0.05) is 35.5 Å². The van der Waals surface area contributed by atoms with Crippen LogP contribution >= 0.6 is 0 Å². The van der Waals surface area contributed by atoms with Crippen LogP contribution in [-0.2, 0) is 6.54 Å². The summed E-state index contributed by atoms with van der Waals surface area (Å²) in [5.41, 5.74) is 1.92. The van der Waals surface area contributed by atoms with E-state index >= 15 is 0 Å². The summed E-state index contributed by atoms with van der Waals surface area (Å²) < 4.78 is 5.44. The fourth-order valence-corrected chi connectivity index (χ4v) is 3.38. The van der Waals surface area contributed by atoms with Crippen LogP contribution in [0, 0.1) is 0 Å². The summed E-state index contributed by atoms with van der Waals surface area (Å²) in [6.45, 7) is 2.88. The molecule has 1 aromatic carbocycles. The molecule has 2 aliphatic rings. The smallest absolute Gasteiger partial charge is 0.191 e. The first-order chi connectivity index (χ1) is 12.3. The van der Waals surface area contributed by atoms with E-state index < -0.39 is 0 Å². The topological polar surface area (TPSA) is 65.7 Å². The number of rotatable bonds is 5. The van der Waals surface area contributed by atoms with Gasteiger partial charge in [0.05, 0.1) is 6.54 Å². The Morgan fingerprint density at radius 2 is 2.12 bits per heavy atom. The van der Waals surface area contributed by atoms with Crippen molar-refractivity contribution in [3.05, 3.63) is 42.2 Å². The van der Waals surface area contributed by atoms with E-state index in [0.29, 0.717) is 12.6 Å². The summed E-state index contributed by atoms with van der Waals surface area (Å²) in [6, 6.07) is 13.3. The van der Waals surface area contributed by atoms with Gasteiger partial charge in [-0.25, -0.2) is 0 Å². The number of hydrogen-bond acceptors (Lipinski definition) is 4. The third-order valence-corrected chi connectivity index (χ3v) is 4.91. The molecule has 1 unspecified atom stereocenters. The van der Waals surface area contributed by atoms with Crippen molar-refractivity contribution < 1.29 is 4.52 Å². The lowest BCUT2D eigenvalue weighted by Gasteiger charge is -2.18. The predicted molar refractivity (Wildman–Crippen MR) is 98.3 cm³/mol. The average Bonchev–Trinajstić information content (AvgIpc) is 3.21. The van der Waals surface area contributed by atoms with E-state index in [0.717, 1.165) is 35.6 Å². The summed E-state index contributed by atoms with van der Waals surface area (Å²) in [5, 5.41) is 11.0. The number of guanidine groups is 1. The molecule has 1 aliphatic carbocycles. The Labute approximate surface area is 148 Å². The van der Waals surface area contributed by atoms with Crippen LogP contribution < -0.4 is 10.6 Å². The molecule has 1 saturated carbocycles. The average molecular weight is 339 g/mol. The Hall–Kier alpha value is -2.34. The second-order valence-corrected chi connectivity index (χ2v) is 6.83. The van der Waals surface area contributed by atoms with Crippen molar-refractivity contribution in [2.45, 2.75) is 37.9 Å². The molecule has 2 heterocycles.